The van der Waals surface area contributed by atoms with Gasteiger partial charge in [0.2, 0.25) is 0 Å². The topological polar surface area (TPSA) is 69.7 Å². The zero-order valence-corrected chi connectivity index (χ0v) is 14.9. The van der Waals surface area contributed by atoms with Crippen LogP contribution in [0.2, 0.25) is 0 Å². The number of carbonyl (C=O) groups excluding carboxylic acids is 1. The molecule has 0 unspecified atom stereocenters. The van der Waals surface area contributed by atoms with E-state index in [1.165, 1.54) is 0 Å². The number of anilines is 1. The van der Waals surface area contributed by atoms with Crippen LogP contribution in [0.15, 0.2) is 18.5 Å². The Hall–Kier alpha value is -1.60. The van der Waals surface area contributed by atoms with Crippen LogP contribution in [-0.2, 0) is 14.0 Å². The predicted octanol–water partition coefficient (Wildman–Crippen LogP) is 2.73. The fourth-order valence-electron chi connectivity index (χ4n) is 2.09. The highest BCUT2D eigenvalue weighted by atomic mass is 16.7. The van der Waals surface area contributed by atoms with E-state index in [1.807, 2.05) is 48.5 Å². The summed E-state index contributed by atoms with van der Waals surface area (Å²) in [5.41, 5.74) is -0.264. The van der Waals surface area contributed by atoms with Gasteiger partial charge in [-0.3, -0.25) is 10.3 Å². The molecule has 1 aromatic rings. The molecule has 126 valence electrons. The van der Waals surface area contributed by atoms with Crippen molar-refractivity contribution in [3.8, 4) is 0 Å². The minimum Gasteiger partial charge on any atom is -0.444 e. The van der Waals surface area contributed by atoms with Crippen molar-refractivity contribution >= 4 is 24.4 Å². The fraction of sp³-hybridized carbons (Fsp3) is 0.625. The number of nitrogens with zero attached hydrogens (tertiary/aromatic N) is 1. The van der Waals surface area contributed by atoms with E-state index in [9.17, 15) is 4.79 Å². The number of rotatable bonds is 2. The van der Waals surface area contributed by atoms with E-state index in [1.54, 1.807) is 18.5 Å². The molecule has 1 aromatic heterocycles. The van der Waals surface area contributed by atoms with Gasteiger partial charge in [0.1, 0.15) is 5.60 Å². The summed E-state index contributed by atoms with van der Waals surface area (Å²) >= 11 is 0. The smallest absolute Gasteiger partial charge is 0.444 e. The number of pyridine rings is 1. The zero-order chi connectivity index (χ0) is 17.5. The van der Waals surface area contributed by atoms with Crippen LogP contribution in [0.5, 0.6) is 0 Å². The lowest BCUT2D eigenvalue weighted by Crippen LogP contribution is -2.41. The molecule has 0 aliphatic carbocycles. The molecule has 6 nitrogen and oxygen atoms in total. The molecule has 0 spiro atoms. The van der Waals surface area contributed by atoms with E-state index in [0.717, 1.165) is 0 Å². The van der Waals surface area contributed by atoms with Crippen LogP contribution in [0.1, 0.15) is 48.5 Å². The van der Waals surface area contributed by atoms with Gasteiger partial charge < -0.3 is 14.0 Å². The van der Waals surface area contributed by atoms with Crippen LogP contribution in [0.3, 0.4) is 0 Å². The average Bonchev–Trinajstić information content (AvgIpc) is 2.56. The highest BCUT2D eigenvalue weighted by Gasteiger charge is 2.52. The van der Waals surface area contributed by atoms with Crippen molar-refractivity contribution in [1.82, 2.24) is 4.98 Å². The molecule has 1 N–H and O–H groups in total. The minimum atomic E-state index is -0.598. The Bertz CT molecular complexity index is 580. The standard InChI is InChI=1S/C16H25BN2O4/c1-14(2,3)21-13(20)19-12-8-9-18-10-11(12)17-22-15(4,5)16(6,7)23-17/h8-10H,1-7H3,(H,18,19,20). The molecule has 7 heteroatoms. The predicted molar refractivity (Wildman–Crippen MR) is 89.8 cm³/mol. The maximum absolute atomic E-state index is 12.0. The van der Waals surface area contributed by atoms with Crippen LogP contribution >= 0.6 is 0 Å². The molecule has 1 amide bonds. The average molecular weight is 320 g/mol. The first-order valence-electron chi connectivity index (χ1n) is 7.71. The van der Waals surface area contributed by atoms with E-state index in [0.29, 0.717) is 11.2 Å². The number of hydrogen-bond donors (Lipinski definition) is 1. The molecule has 1 aliphatic heterocycles. The molecule has 0 bridgehead atoms. The quantitative estimate of drug-likeness (QED) is 0.849. The molecule has 0 saturated carbocycles. The number of hydrogen-bond acceptors (Lipinski definition) is 5. The number of aromatic nitrogens is 1. The summed E-state index contributed by atoms with van der Waals surface area (Å²) in [7, 11) is -0.598. The number of amides is 1. The summed E-state index contributed by atoms with van der Waals surface area (Å²) < 4.78 is 17.3. The second-order valence-corrected chi connectivity index (χ2v) is 7.68. The maximum Gasteiger partial charge on any atom is 0.498 e. The molecule has 0 atom stereocenters. The molecular formula is C16H25BN2O4. The van der Waals surface area contributed by atoms with Gasteiger partial charge >= 0.3 is 13.2 Å². The van der Waals surface area contributed by atoms with Gasteiger partial charge in [-0.2, -0.15) is 0 Å². The zero-order valence-electron chi connectivity index (χ0n) is 14.9. The Morgan fingerprint density at radius 1 is 1.22 bits per heavy atom. The van der Waals surface area contributed by atoms with Gasteiger partial charge in [-0.1, -0.05) is 0 Å². The van der Waals surface area contributed by atoms with Crippen molar-refractivity contribution in [3.05, 3.63) is 18.5 Å². The van der Waals surface area contributed by atoms with Gasteiger partial charge in [0.15, 0.2) is 0 Å². The summed E-state index contributed by atoms with van der Waals surface area (Å²) in [6.07, 6.45) is 2.71. The van der Waals surface area contributed by atoms with Crippen molar-refractivity contribution in [3.63, 3.8) is 0 Å². The molecule has 2 heterocycles. The Labute approximate surface area is 138 Å². The van der Waals surface area contributed by atoms with Gasteiger partial charge in [-0.05, 0) is 54.5 Å². The van der Waals surface area contributed by atoms with Gasteiger partial charge in [0.05, 0.1) is 11.2 Å². The number of nitrogens with one attached hydrogen (secondary N) is 1. The van der Waals surface area contributed by atoms with Gasteiger partial charge in [0, 0.05) is 23.5 Å². The number of ether oxygens (including phenoxy) is 1. The van der Waals surface area contributed by atoms with Gasteiger partial charge in [0.25, 0.3) is 0 Å². The summed E-state index contributed by atoms with van der Waals surface area (Å²) in [4.78, 5) is 16.1. The van der Waals surface area contributed by atoms with Crippen molar-refractivity contribution in [1.29, 1.82) is 0 Å². The molecular weight excluding hydrogens is 295 g/mol. The Morgan fingerprint density at radius 2 is 1.78 bits per heavy atom. The Kier molecular flexibility index (Phi) is 4.48. The van der Waals surface area contributed by atoms with Gasteiger partial charge in [-0.15, -0.1) is 0 Å². The summed E-state index contributed by atoms with van der Waals surface area (Å²) in [5, 5.41) is 2.74. The van der Waals surface area contributed by atoms with Crippen LogP contribution in [-0.4, -0.2) is 35.0 Å². The van der Waals surface area contributed by atoms with Crippen LogP contribution < -0.4 is 10.8 Å². The largest absolute Gasteiger partial charge is 0.498 e. The molecule has 2 rings (SSSR count). The monoisotopic (exact) mass is 320 g/mol. The highest BCUT2D eigenvalue weighted by Crippen LogP contribution is 2.36. The fourth-order valence-corrected chi connectivity index (χ4v) is 2.09. The molecule has 1 fully saturated rings. The lowest BCUT2D eigenvalue weighted by Gasteiger charge is -2.32. The highest BCUT2D eigenvalue weighted by molar-refractivity contribution is 6.64. The van der Waals surface area contributed by atoms with Crippen molar-refractivity contribution in [2.24, 2.45) is 0 Å². The maximum atomic E-state index is 12.0. The van der Waals surface area contributed by atoms with Crippen LogP contribution in [0.4, 0.5) is 10.5 Å². The first-order valence-corrected chi connectivity index (χ1v) is 7.71. The SMILES string of the molecule is CC(C)(C)OC(=O)Nc1ccncc1B1OC(C)(C)C(C)(C)O1. The first kappa shape index (κ1) is 17.8. The summed E-state index contributed by atoms with van der Waals surface area (Å²) in [5.74, 6) is 0. The summed E-state index contributed by atoms with van der Waals surface area (Å²) in [6, 6.07) is 1.70. The molecule has 0 aromatic carbocycles. The lowest BCUT2D eigenvalue weighted by molar-refractivity contribution is 0.00578. The van der Waals surface area contributed by atoms with Crippen molar-refractivity contribution in [2.45, 2.75) is 65.3 Å². The van der Waals surface area contributed by atoms with Crippen LogP contribution in [0, 0.1) is 0 Å². The van der Waals surface area contributed by atoms with E-state index in [2.05, 4.69) is 10.3 Å². The van der Waals surface area contributed by atoms with Crippen LogP contribution in [0.25, 0.3) is 0 Å². The summed E-state index contributed by atoms with van der Waals surface area (Å²) in [6.45, 7) is 13.3. The van der Waals surface area contributed by atoms with E-state index >= 15 is 0 Å². The third-order valence-electron chi connectivity index (χ3n) is 3.99. The van der Waals surface area contributed by atoms with Crippen molar-refractivity contribution in [2.75, 3.05) is 5.32 Å². The van der Waals surface area contributed by atoms with E-state index in [4.69, 9.17) is 14.0 Å². The van der Waals surface area contributed by atoms with Crippen molar-refractivity contribution < 1.29 is 18.8 Å². The normalized spacial score (nSPS) is 19.5. The third kappa shape index (κ3) is 4.03. The van der Waals surface area contributed by atoms with Gasteiger partial charge in [-0.25, -0.2) is 4.79 Å². The Morgan fingerprint density at radius 3 is 2.30 bits per heavy atom. The number of carbonyl (C=O) groups is 1. The first-order chi connectivity index (χ1) is 10.4. The van der Waals surface area contributed by atoms with E-state index in [-0.39, 0.29) is 0 Å². The second-order valence-electron chi connectivity index (χ2n) is 7.68. The molecule has 0 radical (unpaired) electrons. The Balaban J connectivity index is 2.21. The second kappa shape index (κ2) is 5.80. The lowest BCUT2D eigenvalue weighted by atomic mass is 9.79. The molecule has 1 saturated heterocycles. The molecule has 23 heavy (non-hydrogen) atoms. The minimum absolute atomic E-state index is 0.462. The molecule has 1 aliphatic rings. The van der Waals surface area contributed by atoms with E-state index < -0.39 is 30.0 Å². The third-order valence-corrected chi connectivity index (χ3v) is 3.99.